The van der Waals surface area contributed by atoms with Gasteiger partial charge in [-0.3, -0.25) is 4.79 Å². The smallest absolute Gasteiger partial charge is 0.335 e. The largest absolute Gasteiger partial charge is 0.493 e. The van der Waals surface area contributed by atoms with Crippen LogP contribution in [0.3, 0.4) is 0 Å². The minimum Gasteiger partial charge on any atom is -0.493 e. The van der Waals surface area contributed by atoms with E-state index in [9.17, 15) is 14.0 Å². The molecule has 0 aliphatic carbocycles. The lowest BCUT2D eigenvalue weighted by Gasteiger charge is -2.18. The maximum atomic E-state index is 13.4. The number of carboxylic acid groups (broad SMARTS) is 1. The Labute approximate surface area is 144 Å². The van der Waals surface area contributed by atoms with Crippen molar-refractivity contribution in [1.29, 1.82) is 0 Å². The summed E-state index contributed by atoms with van der Waals surface area (Å²) in [5.74, 6) is -1.17. The zero-order valence-corrected chi connectivity index (χ0v) is 13.5. The Morgan fingerprint density at radius 3 is 2.88 bits per heavy atom. The maximum absolute atomic E-state index is 13.4. The number of hydrogen-bond acceptors (Lipinski definition) is 3. The molecule has 6 heteroatoms. The molecule has 0 fully saturated rings. The Bertz CT molecular complexity index is 806. The van der Waals surface area contributed by atoms with Gasteiger partial charge in [0.1, 0.15) is 11.6 Å². The molecule has 0 bridgehead atoms. The Morgan fingerprint density at radius 2 is 2.08 bits per heavy atom. The van der Waals surface area contributed by atoms with E-state index in [4.69, 9.17) is 9.84 Å². The highest BCUT2D eigenvalue weighted by Crippen LogP contribution is 2.32. The van der Waals surface area contributed by atoms with Crippen LogP contribution in [0.15, 0.2) is 42.5 Å². The van der Waals surface area contributed by atoms with E-state index in [1.54, 1.807) is 18.2 Å². The third-order valence-electron chi connectivity index (χ3n) is 4.12. The second kappa shape index (κ2) is 7.34. The highest BCUT2D eigenvalue weighted by molar-refractivity contribution is 5.88. The number of halogens is 1. The van der Waals surface area contributed by atoms with Crippen molar-refractivity contribution in [3.63, 3.8) is 0 Å². The van der Waals surface area contributed by atoms with Crippen molar-refractivity contribution in [1.82, 2.24) is 5.32 Å². The van der Waals surface area contributed by atoms with Crippen molar-refractivity contribution in [2.45, 2.75) is 25.3 Å². The van der Waals surface area contributed by atoms with Crippen LogP contribution < -0.4 is 10.1 Å². The monoisotopic (exact) mass is 343 g/mol. The first-order chi connectivity index (χ1) is 12.0. The molecule has 3 rings (SSSR count). The molecule has 0 saturated carbocycles. The summed E-state index contributed by atoms with van der Waals surface area (Å²) in [6.07, 6.45) is 1.52. The van der Waals surface area contributed by atoms with Crippen LogP contribution in [0.5, 0.6) is 5.75 Å². The van der Waals surface area contributed by atoms with Crippen LogP contribution in [0, 0.1) is 5.82 Å². The molecule has 1 heterocycles. The van der Waals surface area contributed by atoms with Gasteiger partial charge in [-0.25, -0.2) is 9.18 Å². The molecule has 0 saturated heterocycles. The fourth-order valence-corrected chi connectivity index (χ4v) is 2.94. The van der Waals surface area contributed by atoms with Crippen LogP contribution in [0.25, 0.3) is 0 Å². The van der Waals surface area contributed by atoms with Gasteiger partial charge in [0.25, 0.3) is 0 Å². The summed E-state index contributed by atoms with van der Waals surface area (Å²) in [4.78, 5) is 23.4. The van der Waals surface area contributed by atoms with E-state index in [1.165, 1.54) is 24.3 Å². The molecule has 130 valence electrons. The van der Waals surface area contributed by atoms with Gasteiger partial charge in [-0.1, -0.05) is 18.2 Å². The second-order valence-corrected chi connectivity index (χ2v) is 5.98. The number of nitrogens with one attached hydrogen (secondary N) is 1. The number of hydrogen-bond donors (Lipinski definition) is 2. The van der Waals surface area contributed by atoms with E-state index < -0.39 is 5.97 Å². The molecule has 1 aliphatic rings. The summed E-state index contributed by atoms with van der Waals surface area (Å²) in [5, 5.41) is 12.0. The zero-order valence-electron chi connectivity index (χ0n) is 13.5. The number of fused-ring (bicyclic) bond motifs is 1. The number of ether oxygens (including phenoxy) is 1. The first-order valence-corrected chi connectivity index (χ1v) is 8.07. The van der Waals surface area contributed by atoms with Crippen LogP contribution in [0.4, 0.5) is 4.39 Å². The minimum atomic E-state index is -1.03. The van der Waals surface area contributed by atoms with Gasteiger partial charge < -0.3 is 15.2 Å². The lowest BCUT2D eigenvalue weighted by Crippen LogP contribution is -2.29. The van der Waals surface area contributed by atoms with Crippen LogP contribution in [0.2, 0.25) is 0 Å². The fraction of sp³-hybridized carbons (Fsp3) is 0.263. The number of aromatic carboxylic acids is 1. The molecular weight excluding hydrogens is 325 g/mol. The van der Waals surface area contributed by atoms with Crippen LogP contribution in [0.1, 0.15) is 40.4 Å². The number of rotatable bonds is 4. The van der Waals surface area contributed by atoms with Gasteiger partial charge in [-0.15, -0.1) is 0 Å². The number of amides is 1. The molecule has 2 aromatic carbocycles. The molecule has 1 aliphatic heterocycles. The van der Waals surface area contributed by atoms with Crippen LogP contribution in [-0.2, 0) is 11.2 Å². The van der Waals surface area contributed by atoms with Crippen molar-refractivity contribution < 1.29 is 23.8 Å². The molecule has 2 N–H and O–H groups in total. The summed E-state index contributed by atoms with van der Waals surface area (Å²) >= 11 is 0. The SMILES string of the molecule is O=C(Cc1cccc(C(=O)O)c1)NC1CCCOc2cc(F)ccc21. The predicted molar refractivity (Wildman–Crippen MR) is 89.1 cm³/mol. The standard InChI is InChI=1S/C19H18FNO4/c20-14-6-7-15-16(5-2-8-25-17(15)11-14)21-18(22)10-12-3-1-4-13(9-12)19(23)24/h1,3-4,6-7,9,11,16H,2,5,8,10H2,(H,21,22)(H,23,24). The van der Waals surface area contributed by atoms with Gasteiger partial charge in [0.2, 0.25) is 5.91 Å². The zero-order chi connectivity index (χ0) is 17.8. The lowest BCUT2D eigenvalue weighted by molar-refractivity contribution is -0.121. The molecule has 2 aromatic rings. The number of benzene rings is 2. The highest BCUT2D eigenvalue weighted by Gasteiger charge is 2.22. The van der Waals surface area contributed by atoms with Gasteiger partial charge in [0.15, 0.2) is 0 Å². The first-order valence-electron chi connectivity index (χ1n) is 8.07. The molecule has 0 spiro atoms. The van der Waals surface area contributed by atoms with E-state index in [0.717, 1.165) is 12.0 Å². The predicted octanol–water partition coefficient (Wildman–Crippen LogP) is 3.10. The second-order valence-electron chi connectivity index (χ2n) is 5.98. The lowest BCUT2D eigenvalue weighted by atomic mass is 10.0. The summed E-state index contributed by atoms with van der Waals surface area (Å²) in [6.45, 7) is 0.476. The molecule has 25 heavy (non-hydrogen) atoms. The first kappa shape index (κ1) is 17.0. The van der Waals surface area contributed by atoms with Gasteiger partial charge in [0, 0.05) is 11.6 Å². The number of carbonyl (C=O) groups is 2. The summed E-state index contributed by atoms with van der Waals surface area (Å²) in [7, 11) is 0. The van der Waals surface area contributed by atoms with Crippen molar-refractivity contribution in [2.24, 2.45) is 0 Å². The molecule has 1 unspecified atom stereocenters. The number of carbonyl (C=O) groups excluding carboxylic acids is 1. The van der Waals surface area contributed by atoms with Crippen molar-refractivity contribution >= 4 is 11.9 Å². The van der Waals surface area contributed by atoms with Gasteiger partial charge in [-0.05, 0) is 36.6 Å². The average Bonchev–Trinajstić information content (AvgIpc) is 2.77. The molecule has 0 aromatic heterocycles. The Hall–Kier alpha value is -2.89. The molecule has 5 nitrogen and oxygen atoms in total. The van der Waals surface area contributed by atoms with Gasteiger partial charge >= 0.3 is 5.97 Å². The average molecular weight is 343 g/mol. The van der Waals surface area contributed by atoms with Crippen molar-refractivity contribution in [3.05, 3.63) is 65.0 Å². The summed E-state index contributed by atoms with van der Waals surface area (Å²) in [5.41, 5.74) is 1.53. The van der Waals surface area contributed by atoms with E-state index in [1.807, 2.05) is 0 Å². The fourth-order valence-electron chi connectivity index (χ4n) is 2.94. The van der Waals surface area contributed by atoms with E-state index in [2.05, 4.69) is 5.32 Å². The topological polar surface area (TPSA) is 75.6 Å². The normalized spacial score (nSPS) is 16.3. The quantitative estimate of drug-likeness (QED) is 0.894. The van der Waals surface area contributed by atoms with Crippen LogP contribution >= 0.6 is 0 Å². The third kappa shape index (κ3) is 4.15. The molecule has 1 atom stereocenters. The molecular formula is C19H18FNO4. The Morgan fingerprint density at radius 1 is 1.24 bits per heavy atom. The van der Waals surface area contributed by atoms with E-state index in [0.29, 0.717) is 24.3 Å². The Balaban J connectivity index is 1.73. The maximum Gasteiger partial charge on any atom is 0.335 e. The molecule has 1 amide bonds. The van der Waals surface area contributed by atoms with Gasteiger partial charge in [-0.2, -0.15) is 0 Å². The third-order valence-corrected chi connectivity index (χ3v) is 4.12. The van der Waals surface area contributed by atoms with E-state index >= 15 is 0 Å². The summed E-state index contributed by atoms with van der Waals surface area (Å²) < 4.78 is 18.9. The summed E-state index contributed by atoms with van der Waals surface area (Å²) in [6, 6.07) is 10.4. The van der Waals surface area contributed by atoms with Crippen LogP contribution in [-0.4, -0.2) is 23.6 Å². The Kier molecular flexibility index (Phi) is 4.97. The minimum absolute atomic E-state index is 0.0784. The molecule has 0 radical (unpaired) electrons. The van der Waals surface area contributed by atoms with Crippen molar-refractivity contribution in [3.8, 4) is 5.75 Å². The van der Waals surface area contributed by atoms with Crippen molar-refractivity contribution in [2.75, 3.05) is 6.61 Å². The highest BCUT2D eigenvalue weighted by atomic mass is 19.1. The van der Waals surface area contributed by atoms with Gasteiger partial charge in [0.05, 0.1) is 24.6 Å². The number of carboxylic acids is 1. The van der Waals surface area contributed by atoms with E-state index in [-0.39, 0.29) is 29.8 Å².